The average molecular weight is 333 g/mol. The molecule has 2 heterocycles. The van der Waals surface area contributed by atoms with Crippen molar-refractivity contribution in [3.8, 4) is 0 Å². The zero-order valence-electron chi connectivity index (χ0n) is 12.9. The first-order valence-electron chi connectivity index (χ1n) is 7.23. The summed E-state index contributed by atoms with van der Waals surface area (Å²) in [5.41, 5.74) is 0.679. The topological polar surface area (TPSA) is 64.4 Å². The number of hydrogen-bond donors (Lipinski definition) is 0. The Morgan fingerprint density at radius 1 is 1.35 bits per heavy atom. The van der Waals surface area contributed by atoms with E-state index in [0.717, 1.165) is 0 Å². The third kappa shape index (κ3) is 4.78. The van der Waals surface area contributed by atoms with E-state index in [-0.39, 0.29) is 38.4 Å². The van der Waals surface area contributed by atoms with E-state index in [9.17, 15) is 22.8 Å². The van der Waals surface area contributed by atoms with Crippen molar-refractivity contribution in [2.24, 2.45) is 0 Å². The van der Waals surface area contributed by atoms with Gasteiger partial charge in [-0.1, -0.05) is 0 Å². The van der Waals surface area contributed by atoms with E-state index >= 15 is 0 Å². The molecule has 1 aliphatic rings. The standard InChI is InChI=1S/C14H18F3N3O3/c1-9-7-10(2)20(13(22)18-9)8-12(21)19-5-3-11(4-6-19)23-14(15,16)17/h7,11H,3-6,8H2,1-2H3. The number of aromatic nitrogens is 2. The summed E-state index contributed by atoms with van der Waals surface area (Å²) in [6.07, 6.45) is -5.35. The second-order valence-electron chi connectivity index (χ2n) is 5.55. The molecule has 1 aromatic heterocycles. The van der Waals surface area contributed by atoms with Gasteiger partial charge < -0.3 is 4.90 Å². The maximum Gasteiger partial charge on any atom is 0.522 e. The van der Waals surface area contributed by atoms with Gasteiger partial charge in [-0.25, -0.2) is 4.79 Å². The van der Waals surface area contributed by atoms with Crippen LogP contribution in [0.25, 0.3) is 0 Å². The first kappa shape index (κ1) is 17.5. The molecule has 0 radical (unpaired) electrons. The Hall–Kier alpha value is -1.90. The lowest BCUT2D eigenvalue weighted by atomic mass is 10.1. The lowest BCUT2D eigenvalue weighted by molar-refractivity contribution is -0.345. The van der Waals surface area contributed by atoms with Crippen LogP contribution in [0.15, 0.2) is 10.9 Å². The van der Waals surface area contributed by atoms with Crippen LogP contribution in [0, 0.1) is 13.8 Å². The van der Waals surface area contributed by atoms with Crippen LogP contribution in [0.3, 0.4) is 0 Å². The summed E-state index contributed by atoms with van der Waals surface area (Å²) in [4.78, 5) is 29.3. The monoisotopic (exact) mass is 333 g/mol. The Balaban J connectivity index is 1.95. The van der Waals surface area contributed by atoms with Crippen LogP contribution in [0.1, 0.15) is 24.2 Å². The molecule has 0 aromatic carbocycles. The SMILES string of the molecule is Cc1cc(C)n(CC(=O)N2CCC(OC(F)(F)F)CC2)c(=O)n1. The molecule has 1 amide bonds. The number of alkyl halides is 3. The highest BCUT2D eigenvalue weighted by molar-refractivity contribution is 5.76. The molecular formula is C14H18F3N3O3. The minimum absolute atomic E-state index is 0.116. The quantitative estimate of drug-likeness (QED) is 0.838. The summed E-state index contributed by atoms with van der Waals surface area (Å²) in [6, 6.07) is 1.69. The van der Waals surface area contributed by atoms with Crippen LogP contribution in [-0.4, -0.2) is 45.9 Å². The van der Waals surface area contributed by atoms with Gasteiger partial charge in [-0.05, 0) is 32.8 Å². The van der Waals surface area contributed by atoms with Crippen molar-refractivity contribution in [1.82, 2.24) is 14.5 Å². The van der Waals surface area contributed by atoms with E-state index < -0.39 is 18.2 Å². The molecule has 0 unspecified atom stereocenters. The molecule has 1 saturated heterocycles. The van der Waals surface area contributed by atoms with Crippen LogP contribution in [0.5, 0.6) is 0 Å². The van der Waals surface area contributed by atoms with Gasteiger partial charge >= 0.3 is 12.1 Å². The van der Waals surface area contributed by atoms with Crippen molar-refractivity contribution in [2.45, 2.75) is 45.7 Å². The van der Waals surface area contributed by atoms with Crippen molar-refractivity contribution in [3.05, 3.63) is 27.9 Å². The molecular weight excluding hydrogens is 315 g/mol. The van der Waals surface area contributed by atoms with E-state index in [1.54, 1.807) is 19.9 Å². The lowest BCUT2D eigenvalue weighted by Gasteiger charge is -2.32. The number of piperidine rings is 1. The highest BCUT2D eigenvalue weighted by atomic mass is 19.4. The fourth-order valence-corrected chi connectivity index (χ4v) is 2.61. The largest absolute Gasteiger partial charge is 0.522 e. The number of hydrogen-bond acceptors (Lipinski definition) is 4. The highest BCUT2D eigenvalue weighted by Gasteiger charge is 2.35. The molecule has 2 rings (SSSR count). The minimum atomic E-state index is -4.66. The number of rotatable bonds is 3. The van der Waals surface area contributed by atoms with Crippen molar-refractivity contribution < 1.29 is 22.7 Å². The second-order valence-corrected chi connectivity index (χ2v) is 5.55. The minimum Gasteiger partial charge on any atom is -0.341 e. The van der Waals surface area contributed by atoms with Crippen molar-refractivity contribution >= 4 is 5.91 Å². The van der Waals surface area contributed by atoms with E-state index in [4.69, 9.17) is 0 Å². The van der Waals surface area contributed by atoms with Gasteiger partial charge in [0.1, 0.15) is 6.54 Å². The van der Waals surface area contributed by atoms with Crippen molar-refractivity contribution in [3.63, 3.8) is 0 Å². The molecule has 1 fully saturated rings. The predicted molar refractivity (Wildman–Crippen MR) is 74.7 cm³/mol. The Morgan fingerprint density at radius 3 is 2.48 bits per heavy atom. The molecule has 1 aliphatic heterocycles. The van der Waals surface area contributed by atoms with Gasteiger partial charge in [0.2, 0.25) is 5.91 Å². The first-order chi connectivity index (χ1) is 10.7. The van der Waals surface area contributed by atoms with Gasteiger partial charge in [0.05, 0.1) is 6.10 Å². The number of amides is 1. The van der Waals surface area contributed by atoms with Crippen LogP contribution < -0.4 is 5.69 Å². The van der Waals surface area contributed by atoms with Crippen LogP contribution >= 0.6 is 0 Å². The predicted octanol–water partition coefficient (Wildman–Crippen LogP) is 1.39. The Kier molecular flexibility index (Phi) is 5.08. The zero-order valence-corrected chi connectivity index (χ0v) is 12.9. The van der Waals surface area contributed by atoms with Crippen molar-refractivity contribution in [1.29, 1.82) is 0 Å². The molecule has 0 atom stereocenters. The molecule has 128 valence electrons. The molecule has 1 aromatic rings. The molecule has 23 heavy (non-hydrogen) atoms. The Morgan fingerprint density at radius 2 is 1.96 bits per heavy atom. The normalized spacial score (nSPS) is 16.7. The first-order valence-corrected chi connectivity index (χ1v) is 7.23. The van der Waals surface area contributed by atoms with E-state index in [1.165, 1.54) is 9.47 Å². The third-order valence-corrected chi connectivity index (χ3v) is 3.73. The summed E-state index contributed by atoms with van der Waals surface area (Å²) < 4.78 is 41.7. The van der Waals surface area contributed by atoms with Gasteiger partial charge in [0.25, 0.3) is 0 Å². The third-order valence-electron chi connectivity index (χ3n) is 3.73. The molecule has 0 saturated carbocycles. The number of likely N-dealkylation sites (tertiary alicyclic amines) is 1. The number of nitrogens with zero attached hydrogens (tertiary/aromatic N) is 3. The molecule has 9 heteroatoms. The molecule has 6 nitrogen and oxygen atoms in total. The molecule has 0 aliphatic carbocycles. The van der Waals surface area contributed by atoms with E-state index in [1.807, 2.05) is 0 Å². The summed E-state index contributed by atoms with van der Waals surface area (Å²) in [7, 11) is 0. The van der Waals surface area contributed by atoms with Crippen LogP contribution in [0.4, 0.5) is 13.2 Å². The number of halogens is 3. The Bertz CT molecular complexity index is 634. The summed E-state index contributed by atoms with van der Waals surface area (Å²) in [6.45, 7) is 3.57. The fraction of sp³-hybridized carbons (Fsp3) is 0.643. The van der Waals surface area contributed by atoms with Gasteiger partial charge in [0, 0.05) is 24.5 Å². The average Bonchev–Trinajstić information content (AvgIpc) is 2.41. The van der Waals surface area contributed by atoms with Gasteiger partial charge in [-0.15, -0.1) is 13.2 Å². The molecule has 0 spiro atoms. The zero-order chi connectivity index (χ0) is 17.2. The van der Waals surface area contributed by atoms with Gasteiger partial charge in [0.15, 0.2) is 0 Å². The summed E-state index contributed by atoms with van der Waals surface area (Å²) in [5.74, 6) is -0.314. The van der Waals surface area contributed by atoms with Crippen molar-refractivity contribution in [2.75, 3.05) is 13.1 Å². The number of aryl methyl sites for hydroxylation is 2. The smallest absolute Gasteiger partial charge is 0.341 e. The number of carbonyl (C=O) groups excluding carboxylic acids is 1. The van der Waals surface area contributed by atoms with Gasteiger partial charge in [-0.2, -0.15) is 4.98 Å². The van der Waals surface area contributed by atoms with Crippen LogP contribution in [0.2, 0.25) is 0 Å². The van der Waals surface area contributed by atoms with Crippen LogP contribution in [-0.2, 0) is 16.1 Å². The highest BCUT2D eigenvalue weighted by Crippen LogP contribution is 2.24. The molecule has 0 bridgehead atoms. The van der Waals surface area contributed by atoms with E-state index in [2.05, 4.69) is 9.72 Å². The summed E-state index contributed by atoms with van der Waals surface area (Å²) in [5, 5.41) is 0. The fourth-order valence-electron chi connectivity index (χ4n) is 2.61. The lowest BCUT2D eigenvalue weighted by Crippen LogP contribution is -2.44. The molecule has 0 N–H and O–H groups in total. The van der Waals surface area contributed by atoms with Gasteiger partial charge in [-0.3, -0.25) is 14.1 Å². The maximum absolute atomic E-state index is 12.2. The second kappa shape index (κ2) is 6.69. The number of ether oxygens (including phenoxy) is 1. The maximum atomic E-state index is 12.2. The van der Waals surface area contributed by atoms with E-state index in [0.29, 0.717) is 11.4 Å². The number of carbonyl (C=O) groups is 1. The Labute approximate surface area is 130 Å². The summed E-state index contributed by atoms with van der Waals surface area (Å²) >= 11 is 0.